The number of rotatable bonds is 5. The molecule has 9 heteroatoms. The number of carbonyl (C=O) groups excluding carboxylic acids is 2. The van der Waals surface area contributed by atoms with Crippen LogP contribution in [0.5, 0.6) is 0 Å². The lowest BCUT2D eigenvalue weighted by molar-refractivity contribution is -0.117. The van der Waals surface area contributed by atoms with E-state index in [0.29, 0.717) is 11.3 Å². The largest absolute Gasteiger partial charge is 0.370 e. The van der Waals surface area contributed by atoms with Crippen LogP contribution in [0.4, 0.5) is 0 Å². The minimum atomic E-state index is -0.503. The number of nitrogens with zero attached hydrogens (tertiary/aromatic N) is 1. The molecule has 0 unspecified atom stereocenters. The van der Waals surface area contributed by atoms with Crippen LogP contribution in [-0.2, 0) is 4.79 Å². The van der Waals surface area contributed by atoms with E-state index in [1.807, 2.05) is 30.3 Å². The van der Waals surface area contributed by atoms with Crippen LogP contribution in [0.2, 0.25) is 5.02 Å². The van der Waals surface area contributed by atoms with Crippen molar-refractivity contribution in [3.05, 3.63) is 75.8 Å². The van der Waals surface area contributed by atoms with Gasteiger partial charge in [-0.25, -0.2) is 0 Å². The second-order valence-corrected chi connectivity index (χ2v) is 5.78. The number of pyridine rings is 1. The van der Waals surface area contributed by atoms with Crippen molar-refractivity contribution in [3.63, 3.8) is 0 Å². The molecule has 3 rings (SSSR count). The molecule has 0 aliphatic carbocycles. The zero-order valence-corrected chi connectivity index (χ0v) is 15.0. The molecule has 3 aromatic rings. The number of aromatic nitrogens is 3. The summed E-state index contributed by atoms with van der Waals surface area (Å²) in [4.78, 5) is 36.8. The van der Waals surface area contributed by atoms with E-state index in [2.05, 4.69) is 20.5 Å². The molecule has 0 aliphatic heterocycles. The molecule has 0 saturated heterocycles. The van der Waals surface area contributed by atoms with Crippen LogP contribution < -0.4 is 16.6 Å². The van der Waals surface area contributed by atoms with E-state index in [1.54, 1.807) is 12.1 Å². The number of carbonyl (C=O) groups is 2. The highest BCUT2D eigenvalue weighted by molar-refractivity contribution is 6.30. The second-order valence-electron chi connectivity index (χ2n) is 5.34. The first-order valence-corrected chi connectivity index (χ1v) is 8.35. The molecule has 0 radical (unpaired) electrons. The zero-order chi connectivity index (χ0) is 19.6. The summed E-state index contributed by atoms with van der Waals surface area (Å²) >= 11 is 5.54. The maximum atomic E-state index is 12.0. The molecule has 0 atom stereocenters. The highest BCUT2D eigenvalue weighted by Crippen LogP contribution is 2.16. The Kier molecular flexibility index (Phi) is 7.33. The van der Waals surface area contributed by atoms with Crippen LogP contribution >= 0.6 is 11.6 Å². The number of primary amides is 1. The van der Waals surface area contributed by atoms with Gasteiger partial charge in [-0.1, -0.05) is 29.8 Å². The van der Waals surface area contributed by atoms with Gasteiger partial charge in [0.2, 0.25) is 5.91 Å². The third-order valence-electron chi connectivity index (χ3n) is 3.36. The molecule has 2 amide bonds. The monoisotopic (exact) mass is 387 g/mol. The number of nitrogens with one attached hydrogen (secondary N) is 3. The summed E-state index contributed by atoms with van der Waals surface area (Å²) in [5, 5.41) is 9.72. The van der Waals surface area contributed by atoms with E-state index in [9.17, 15) is 14.4 Å². The first-order valence-electron chi connectivity index (χ1n) is 7.97. The molecule has 0 spiro atoms. The Morgan fingerprint density at radius 3 is 2.48 bits per heavy atom. The van der Waals surface area contributed by atoms with Gasteiger partial charge in [0.05, 0.1) is 23.0 Å². The van der Waals surface area contributed by atoms with E-state index >= 15 is 0 Å². The topological polar surface area (TPSA) is 134 Å². The first-order chi connectivity index (χ1) is 13.0. The van der Waals surface area contributed by atoms with Crippen LogP contribution in [0.1, 0.15) is 16.8 Å². The van der Waals surface area contributed by atoms with Gasteiger partial charge in [-0.05, 0) is 24.3 Å². The SMILES string of the molecule is Clc1ccccc1.NC(=O)CCNC(=O)c1cn[nH]c1-c1ccc[nH]c1=O. The number of nitrogens with two attached hydrogens (primary N) is 1. The van der Waals surface area contributed by atoms with Crippen molar-refractivity contribution in [3.8, 4) is 11.3 Å². The van der Waals surface area contributed by atoms with Gasteiger partial charge in [0.25, 0.3) is 11.5 Å². The van der Waals surface area contributed by atoms with Crippen LogP contribution in [0.3, 0.4) is 0 Å². The van der Waals surface area contributed by atoms with Gasteiger partial charge >= 0.3 is 0 Å². The van der Waals surface area contributed by atoms with E-state index in [-0.39, 0.29) is 24.1 Å². The molecule has 0 fully saturated rings. The third kappa shape index (κ3) is 6.12. The Labute approximate surface area is 159 Å². The van der Waals surface area contributed by atoms with Crippen molar-refractivity contribution in [2.24, 2.45) is 5.73 Å². The number of hydrogen-bond acceptors (Lipinski definition) is 4. The predicted molar refractivity (Wildman–Crippen MR) is 102 cm³/mol. The van der Waals surface area contributed by atoms with Crippen molar-refractivity contribution < 1.29 is 9.59 Å². The van der Waals surface area contributed by atoms with E-state index < -0.39 is 11.8 Å². The van der Waals surface area contributed by atoms with Crippen molar-refractivity contribution in [1.29, 1.82) is 0 Å². The van der Waals surface area contributed by atoms with Crippen molar-refractivity contribution >= 4 is 23.4 Å². The molecule has 2 heterocycles. The molecule has 5 N–H and O–H groups in total. The Hall–Kier alpha value is -3.39. The van der Waals surface area contributed by atoms with Crippen LogP contribution in [0.15, 0.2) is 59.7 Å². The number of hydrogen-bond donors (Lipinski definition) is 4. The van der Waals surface area contributed by atoms with Gasteiger partial charge in [0.1, 0.15) is 0 Å². The van der Waals surface area contributed by atoms with Gasteiger partial charge in [0, 0.05) is 24.2 Å². The lowest BCUT2D eigenvalue weighted by atomic mass is 10.1. The first kappa shape index (κ1) is 19.9. The molecule has 140 valence electrons. The summed E-state index contributed by atoms with van der Waals surface area (Å²) in [6, 6.07) is 12.7. The Balaban J connectivity index is 0.000000313. The summed E-state index contributed by atoms with van der Waals surface area (Å²) in [5.41, 5.74) is 5.51. The predicted octanol–water partition coefficient (Wildman–Crippen LogP) is 1.71. The van der Waals surface area contributed by atoms with Gasteiger partial charge in [-0.3, -0.25) is 19.5 Å². The van der Waals surface area contributed by atoms with Gasteiger partial charge in [0.15, 0.2) is 0 Å². The van der Waals surface area contributed by atoms with Crippen molar-refractivity contribution in [1.82, 2.24) is 20.5 Å². The lowest BCUT2D eigenvalue weighted by Crippen LogP contribution is -2.28. The van der Waals surface area contributed by atoms with Crippen LogP contribution in [0.25, 0.3) is 11.3 Å². The summed E-state index contributed by atoms with van der Waals surface area (Å²) in [7, 11) is 0. The minimum Gasteiger partial charge on any atom is -0.370 e. The smallest absolute Gasteiger partial charge is 0.257 e. The standard InChI is InChI=1S/C12H13N5O3.C6H5Cl/c13-9(18)3-5-15-12(20)8-6-16-17-10(8)7-2-1-4-14-11(7)19;7-6-4-2-1-3-5-6/h1-2,4,6H,3,5H2,(H2,13,18)(H,14,19)(H,15,20)(H,16,17);1-5H. The van der Waals surface area contributed by atoms with Gasteiger partial charge in [-0.15, -0.1) is 0 Å². The molecular weight excluding hydrogens is 370 g/mol. The zero-order valence-electron chi connectivity index (χ0n) is 14.2. The van der Waals surface area contributed by atoms with E-state index in [4.69, 9.17) is 17.3 Å². The molecule has 1 aromatic carbocycles. The quantitative estimate of drug-likeness (QED) is 0.530. The molecule has 8 nitrogen and oxygen atoms in total. The van der Waals surface area contributed by atoms with E-state index in [1.165, 1.54) is 12.4 Å². The molecular formula is C18H18ClN5O3. The average molecular weight is 388 g/mol. The minimum absolute atomic E-state index is 0.0465. The fourth-order valence-electron chi connectivity index (χ4n) is 2.09. The van der Waals surface area contributed by atoms with Crippen LogP contribution in [0, 0.1) is 0 Å². The lowest BCUT2D eigenvalue weighted by Gasteiger charge is -2.04. The highest BCUT2D eigenvalue weighted by Gasteiger charge is 2.16. The maximum Gasteiger partial charge on any atom is 0.257 e. The summed E-state index contributed by atoms with van der Waals surface area (Å²) in [6.45, 7) is 0.129. The molecule has 27 heavy (non-hydrogen) atoms. The summed E-state index contributed by atoms with van der Waals surface area (Å²) < 4.78 is 0. The van der Waals surface area contributed by atoms with Gasteiger partial charge < -0.3 is 16.0 Å². The second kappa shape index (κ2) is 9.93. The Morgan fingerprint density at radius 2 is 1.89 bits per heavy atom. The fourth-order valence-corrected chi connectivity index (χ4v) is 2.24. The van der Waals surface area contributed by atoms with Gasteiger partial charge in [-0.2, -0.15) is 5.10 Å². The normalized spacial score (nSPS) is 9.81. The maximum absolute atomic E-state index is 12.0. The molecule has 0 saturated carbocycles. The molecule has 0 bridgehead atoms. The number of aromatic amines is 2. The average Bonchev–Trinajstić information content (AvgIpc) is 3.12. The number of H-pyrrole nitrogens is 2. The van der Waals surface area contributed by atoms with Crippen molar-refractivity contribution in [2.75, 3.05) is 6.54 Å². The van der Waals surface area contributed by atoms with Crippen LogP contribution in [-0.4, -0.2) is 33.5 Å². The summed E-state index contributed by atoms with van der Waals surface area (Å²) in [5.74, 6) is -0.935. The highest BCUT2D eigenvalue weighted by atomic mass is 35.5. The Morgan fingerprint density at radius 1 is 1.15 bits per heavy atom. The number of amides is 2. The van der Waals surface area contributed by atoms with E-state index in [0.717, 1.165) is 5.02 Å². The fraction of sp³-hybridized carbons (Fsp3) is 0.111. The molecule has 0 aliphatic rings. The molecule has 2 aromatic heterocycles. The summed E-state index contributed by atoms with van der Waals surface area (Å²) in [6.07, 6.45) is 2.86. The Bertz CT molecular complexity index is 953. The number of halogens is 1. The number of benzene rings is 1. The van der Waals surface area contributed by atoms with Crippen molar-refractivity contribution in [2.45, 2.75) is 6.42 Å². The third-order valence-corrected chi connectivity index (χ3v) is 3.61.